The molecule has 8 heteroatoms. The monoisotopic (exact) mass is 485 g/mol. The van der Waals surface area contributed by atoms with E-state index in [9.17, 15) is 9.59 Å². The highest BCUT2D eigenvalue weighted by Gasteiger charge is 2.17. The molecule has 1 saturated heterocycles. The Hall–Kier alpha value is -3.59. The summed E-state index contributed by atoms with van der Waals surface area (Å²) in [7, 11) is 0. The molecule has 1 aliphatic rings. The Morgan fingerprint density at radius 3 is 2.11 bits per heavy atom. The zero-order chi connectivity index (χ0) is 24.2. The van der Waals surface area contributed by atoms with Gasteiger partial charge in [-0.1, -0.05) is 42.5 Å². The van der Waals surface area contributed by atoms with Crippen LogP contribution in [-0.4, -0.2) is 51.9 Å². The number of rotatable bonds is 6. The smallest absolute Gasteiger partial charge is 0.259 e. The standard InChI is InChI=1S/C27H27N5O2S/c33-25(21-8-11-23-24(16-21)29-27(35)30-26(23)34)28-22-9-6-20(7-10-22)18-32-14-12-31(13-15-32)17-19-4-2-1-3-5-19/h1-11,16H,12-15,17-18H2,(H,28,33)(H2,29,30,34,35). The Morgan fingerprint density at radius 1 is 0.829 bits per heavy atom. The van der Waals surface area contributed by atoms with Crippen LogP contribution < -0.4 is 10.9 Å². The quantitative estimate of drug-likeness (QED) is 0.357. The number of hydrogen-bond acceptors (Lipinski definition) is 5. The number of fused-ring (bicyclic) bond motifs is 1. The fourth-order valence-electron chi connectivity index (χ4n) is 4.41. The number of piperazine rings is 1. The van der Waals surface area contributed by atoms with Gasteiger partial charge in [0.25, 0.3) is 11.5 Å². The second-order valence-corrected chi connectivity index (χ2v) is 9.27. The fraction of sp³-hybridized carbons (Fsp3) is 0.222. The molecule has 7 nitrogen and oxygen atoms in total. The van der Waals surface area contributed by atoms with E-state index in [0.717, 1.165) is 45.0 Å². The minimum absolute atomic E-state index is 0.230. The summed E-state index contributed by atoms with van der Waals surface area (Å²) in [5, 5.41) is 3.39. The van der Waals surface area contributed by atoms with Gasteiger partial charge in [-0.25, -0.2) is 0 Å². The maximum Gasteiger partial charge on any atom is 0.259 e. The van der Waals surface area contributed by atoms with Gasteiger partial charge in [-0.05, 0) is 53.7 Å². The predicted molar refractivity (Wildman–Crippen MR) is 141 cm³/mol. The van der Waals surface area contributed by atoms with E-state index in [1.807, 2.05) is 12.1 Å². The first-order valence-electron chi connectivity index (χ1n) is 11.7. The van der Waals surface area contributed by atoms with Gasteiger partial charge in [0.15, 0.2) is 4.77 Å². The molecule has 0 unspecified atom stereocenters. The number of hydrogen-bond donors (Lipinski definition) is 3. The predicted octanol–water partition coefficient (Wildman–Crippen LogP) is 4.16. The van der Waals surface area contributed by atoms with Gasteiger partial charge in [-0.2, -0.15) is 0 Å². The summed E-state index contributed by atoms with van der Waals surface area (Å²) in [5.41, 5.74) is 4.02. The molecule has 35 heavy (non-hydrogen) atoms. The molecule has 0 bridgehead atoms. The van der Waals surface area contributed by atoms with Gasteiger partial charge >= 0.3 is 0 Å². The molecule has 4 aromatic rings. The van der Waals surface area contributed by atoms with Crippen LogP contribution in [0.2, 0.25) is 0 Å². The lowest BCUT2D eigenvalue weighted by Crippen LogP contribution is -2.45. The van der Waals surface area contributed by atoms with E-state index in [0.29, 0.717) is 16.5 Å². The Kier molecular flexibility index (Phi) is 6.85. The summed E-state index contributed by atoms with van der Waals surface area (Å²) in [5.74, 6) is -0.242. The molecular weight excluding hydrogens is 458 g/mol. The van der Waals surface area contributed by atoms with E-state index in [2.05, 4.69) is 67.5 Å². The molecule has 178 valence electrons. The SMILES string of the molecule is O=C(Nc1ccc(CN2CCN(Cc3ccccc3)CC2)cc1)c1ccc2c(=O)[nH]c(=S)[nH]c2c1. The molecule has 0 spiro atoms. The number of nitrogens with zero attached hydrogens (tertiary/aromatic N) is 2. The van der Waals surface area contributed by atoms with Gasteiger partial charge in [-0.3, -0.25) is 24.4 Å². The van der Waals surface area contributed by atoms with Crippen molar-refractivity contribution in [1.29, 1.82) is 0 Å². The molecular formula is C27H27N5O2S. The minimum atomic E-state index is -0.274. The van der Waals surface area contributed by atoms with Crippen molar-refractivity contribution in [2.75, 3.05) is 31.5 Å². The molecule has 5 rings (SSSR count). The number of aromatic nitrogens is 2. The number of H-pyrrole nitrogens is 2. The van der Waals surface area contributed by atoms with Crippen LogP contribution in [0, 0.1) is 4.77 Å². The number of benzene rings is 3. The van der Waals surface area contributed by atoms with Crippen LogP contribution in [0.5, 0.6) is 0 Å². The van der Waals surface area contributed by atoms with Gasteiger partial charge in [-0.15, -0.1) is 0 Å². The van der Waals surface area contributed by atoms with Crippen molar-refractivity contribution >= 4 is 34.7 Å². The Balaban J connectivity index is 1.15. The summed E-state index contributed by atoms with van der Waals surface area (Å²) in [6.45, 7) is 6.10. The van der Waals surface area contributed by atoms with Crippen LogP contribution in [0.4, 0.5) is 5.69 Å². The van der Waals surface area contributed by atoms with Crippen molar-refractivity contribution in [1.82, 2.24) is 19.8 Å². The number of carbonyl (C=O) groups is 1. The Labute approximate surface area is 208 Å². The minimum Gasteiger partial charge on any atom is -0.332 e. The van der Waals surface area contributed by atoms with Crippen LogP contribution in [0.15, 0.2) is 77.6 Å². The Morgan fingerprint density at radius 2 is 1.46 bits per heavy atom. The molecule has 0 aliphatic carbocycles. The largest absolute Gasteiger partial charge is 0.332 e. The van der Waals surface area contributed by atoms with E-state index in [1.165, 1.54) is 11.1 Å². The van der Waals surface area contributed by atoms with Crippen molar-refractivity contribution in [2.45, 2.75) is 13.1 Å². The summed E-state index contributed by atoms with van der Waals surface area (Å²) in [6, 6.07) is 23.5. The second kappa shape index (κ2) is 10.4. The molecule has 3 aromatic carbocycles. The van der Waals surface area contributed by atoms with Crippen molar-refractivity contribution in [3.8, 4) is 0 Å². The lowest BCUT2D eigenvalue weighted by Gasteiger charge is -2.34. The molecule has 1 fully saturated rings. The topological polar surface area (TPSA) is 84.2 Å². The van der Waals surface area contributed by atoms with Crippen LogP contribution in [-0.2, 0) is 13.1 Å². The zero-order valence-corrected chi connectivity index (χ0v) is 20.1. The maximum atomic E-state index is 12.7. The summed E-state index contributed by atoms with van der Waals surface area (Å²) in [6.07, 6.45) is 0. The van der Waals surface area contributed by atoms with Crippen LogP contribution >= 0.6 is 12.2 Å². The number of aromatic amines is 2. The lowest BCUT2D eigenvalue weighted by atomic mass is 10.1. The van der Waals surface area contributed by atoms with E-state index in [-0.39, 0.29) is 16.2 Å². The average Bonchev–Trinajstić information content (AvgIpc) is 2.86. The first-order valence-corrected chi connectivity index (χ1v) is 12.1. The number of carbonyl (C=O) groups excluding carboxylic acids is 1. The maximum absolute atomic E-state index is 12.7. The average molecular weight is 486 g/mol. The number of amides is 1. The number of anilines is 1. The highest BCUT2D eigenvalue weighted by molar-refractivity contribution is 7.71. The highest BCUT2D eigenvalue weighted by atomic mass is 32.1. The zero-order valence-electron chi connectivity index (χ0n) is 19.3. The van der Waals surface area contributed by atoms with Gasteiger partial charge < -0.3 is 10.3 Å². The third-order valence-corrected chi connectivity index (χ3v) is 6.54. The summed E-state index contributed by atoms with van der Waals surface area (Å²) < 4.78 is 0.230. The van der Waals surface area contributed by atoms with E-state index < -0.39 is 0 Å². The fourth-order valence-corrected chi connectivity index (χ4v) is 4.62. The van der Waals surface area contributed by atoms with Crippen molar-refractivity contribution in [3.63, 3.8) is 0 Å². The summed E-state index contributed by atoms with van der Waals surface area (Å²) in [4.78, 5) is 35.2. The van der Waals surface area contributed by atoms with Crippen LogP contribution in [0.3, 0.4) is 0 Å². The molecule has 3 N–H and O–H groups in total. The number of nitrogens with one attached hydrogen (secondary N) is 3. The van der Waals surface area contributed by atoms with E-state index >= 15 is 0 Å². The Bertz CT molecular complexity index is 1440. The van der Waals surface area contributed by atoms with Crippen molar-refractivity contribution < 1.29 is 4.79 Å². The van der Waals surface area contributed by atoms with Gasteiger partial charge in [0.05, 0.1) is 10.9 Å². The van der Waals surface area contributed by atoms with Crippen molar-refractivity contribution in [2.24, 2.45) is 0 Å². The van der Waals surface area contributed by atoms with Crippen molar-refractivity contribution in [3.05, 3.63) is 105 Å². The first kappa shape index (κ1) is 23.2. The molecule has 2 heterocycles. The van der Waals surface area contributed by atoms with Gasteiger partial charge in [0, 0.05) is 50.5 Å². The molecule has 0 atom stereocenters. The van der Waals surface area contributed by atoms with Crippen LogP contribution in [0.1, 0.15) is 21.5 Å². The highest BCUT2D eigenvalue weighted by Crippen LogP contribution is 2.16. The normalized spacial score (nSPS) is 14.7. The van der Waals surface area contributed by atoms with Gasteiger partial charge in [0.2, 0.25) is 0 Å². The third kappa shape index (κ3) is 5.74. The van der Waals surface area contributed by atoms with Crippen LogP contribution in [0.25, 0.3) is 10.9 Å². The molecule has 0 saturated carbocycles. The molecule has 0 radical (unpaired) electrons. The lowest BCUT2D eigenvalue weighted by molar-refractivity contribution is 0.102. The van der Waals surface area contributed by atoms with Gasteiger partial charge in [0.1, 0.15) is 0 Å². The second-order valence-electron chi connectivity index (χ2n) is 8.86. The molecule has 1 aliphatic heterocycles. The van der Waals surface area contributed by atoms with E-state index in [1.54, 1.807) is 18.2 Å². The van der Waals surface area contributed by atoms with E-state index in [4.69, 9.17) is 12.2 Å². The molecule has 1 amide bonds. The summed E-state index contributed by atoms with van der Waals surface area (Å²) >= 11 is 5.03. The third-order valence-electron chi connectivity index (χ3n) is 6.33. The molecule has 1 aromatic heterocycles. The first-order chi connectivity index (χ1) is 17.0.